The molecule has 55 heavy (non-hydrogen) atoms. The molecule has 11 nitrogen and oxygen atoms in total. The molecule has 1 aromatic heterocycles. The van der Waals surface area contributed by atoms with Gasteiger partial charge in [-0.3, -0.25) is 19.2 Å². The number of aryl methyl sites for hydroxylation is 1. The summed E-state index contributed by atoms with van der Waals surface area (Å²) >= 11 is 1.37. The maximum atomic E-state index is 14.3. The number of carbonyl (C=O) groups excluding carboxylic acids is 4. The molecule has 0 fully saturated rings. The van der Waals surface area contributed by atoms with E-state index in [-0.39, 0.29) is 50.0 Å². The molecule has 0 spiro atoms. The van der Waals surface area contributed by atoms with Crippen LogP contribution in [0, 0.1) is 11.8 Å². The van der Waals surface area contributed by atoms with E-state index in [9.17, 15) is 29.4 Å². The first-order chi connectivity index (χ1) is 26.5. The second-order valence-corrected chi connectivity index (χ2v) is 15.5. The number of benzene rings is 3. The maximum absolute atomic E-state index is 14.3. The largest absolute Gasteiger partial charge is 0.394 e. The van der Waals surface area contributed by atoms with E-state index in [0.29, 0.717) is 18.5 Å². The van der Waals surface area contributed by atoms with Crippen LogP contribution >= 0.6 is 11.3 Å². The number of nitrogens with one attached hydrogen (secondary N) is 4. The van der Waals surface area contributed by atoms with Crippen molar-refractivity contribution in [3.8, 4) is 0 Å². The van der Waals surface area contributed by atoms with Crippen LogP contribution in [0.2, 0.25) is 0 Å². The second-order valence-electron chi connectivity index (χ2n) is 14.8. The minimum atomic E-state index is -1.23. The summed E-state index contributed by atoms with van der Waals surface area (Å²) in [6.45, 7) is 7.57. The van der Waals surface area contributed by atoms with Gasteiger partial charge in [-0.2, -0.15) is 0 Å². The van der Waals surface area contributed by atoms with Crippen molar-refractivity contribution in [1.29, 1.82) is 0 Å². The average molecular weight is 772 g/mol. The van der Waals surface area contributed by atoms with Crippen LogP contribution in [-0.4, -0.2) is 75.7 Å². The summed E-state index contributed by atoms with van der Waals surface area (Å²) in [5.74, 6) is -1.68. The van der Waals surface area contributed by atoms with Gasteiger partial charge < -0.3 is 31.5 Å². The zero-order valence-electron chi connectivity index (χ0n) is 32.4. The van der Waals surface area contributed by atoms with Crippen molar-refractivity contribution >= 4 is 45.7 Å². The maximum Gasteiger partial charge on any atom is 0.243 e. The number of aromatic nitrogens is 1. The van der Waals surface area contributed by atoms with E-state index in [1.807, 2.05) is 100 Å². The molecule has 4 rings (SSSR count). The Morgan fingerprint density at radius 1 is 0.782 bits per heavy atom. The minimum absolute atomic E-state index is 0.0378. The van der Waals surface area contributed by atoms with E-state index in [0.717, 1.165) is 34.7 Å². The highest BCUT2D eigenvalue weighted by Crippen LogP contribution is 2.21. The summed E-state index contributed by atoms with van der Waals surface area (Å²) in [5.41, 5.74) is 4.24. The number of aliphatic hydroxyl groups excluding tert-OH is 2. The first kappa shape index (κ1) is 43.1. The monoisotopic (exact) mass is 771 g/mol. The number of hydrogen-bond acceptors (Lipinski definition) is 8. The van der Waals surface area contributed by atoms with Gasteiger partial charge in [0.05, 0.1) is 42.4 Å². The van der Waals surface area contributed by atoms with Crippen LogP contribution in [0.5, 0.6) is 0 Å². The van der Waals surface area contributed by atoms with Gasteiger partial charge >= 0.3 is 0 Å². The van der Waals surface area contributed by atoms with Crippen molar-refractivity contribution < 1.29 is 29.4 Å². The highest BCUT2D eigenvalue weighted by molar-refractivity contribution is 7.07. The van der Waals surface area contributed by atoms with Crippen molar-refractivity contribution in [3.63, 3.8) is 0 Å². The Balaban J connectivity index is 1.53. The summed E-state index contributed by atoms with van der Waals surface area (Å²) in [7, 11) is 0. The predicted octanol–water partition coefficient (Wildman–Crippen LogP) is 4.88. The Morgan fingerprint density at radius 2 is 1.47 bits per heavy atom. The molecule has 0 radical (unpaired) electrons. The molecule has 0 bridgehead atoms. The first-order valence-corrected chi connectivity index (χ1v) is 20.3. The third-order valence-corrected chi connectivity index (χ3v) is 10.6. The molecule has 12 heteroatoms. The molecule has 0 aliphatic heterocycles. The molecule has 296 valence electrons. The van der Waals surface area contributed by atoms with Gasteiger partial charge in [-0.15, -0.1) is 11.3 Å². The molecule has 6 N–H and O–H groups in total. The van der Waals surface area contributed by atoms with Gasteiger partial charge in [0.1, 0.15) is 12.1 Å². The number of thiazole rings is 1. The summed E-state index contributed by atoms with van der Waals surface area (Å²) in [6.07, 6.45) is 1.42. The average Bonchev–Trinajstić information content (AvgIpc) is 3.69. The quantitative estimate of drug-likeness (QED) is 0.0662. The van der Waals surface area contributed by atoms with E-state index in [1.54, 1.807) is 10.9 Å². The van der Waals surface area contributed by atoms with E-state index in [1.165, 1.54) is 11.3 Å². The van der Waals surface area contributed by atoms with Crippen molar-refractivity contribution in [3.05, 3.63) is 101 Å². The zero-order chi connectivity index (χ0) is 39.7. The number of aliphatic hydroxyl groups is 2. The fraction of sp³-hybridized carbons (Fsp3) is 0.465. The van der Waals surface area contributed by atoms with Crippen molar-refractivity contribution in [2.75, 3.05) is 6.61 Å². The highest BCUT2D eigenvalue weighted by atomic mass is 32.1. The topological polar surface area (TPSA) is 170 Å². The number of amides is 4. The van der Waals surface area contributed by atoms with Crippen LogP contribution in [0.4, 0.5) is 0 Å². The smallest absolute Gasteiger partial charge is 0.243 e. The van der Waals surface area contributed by atoms with E-state index >= 15 is 0 Å². The molecule has 4 amide bonds. The van der Waals surface area contributed by atoms with Crippen molar-refractivity contribution in [2.24, 2.45) is 11.8 Å². The summed E-state index contributed by atoms with van der Waals surface area (Å²) in [4.78, 5) is 59.1. The van der Waals surface area contributed by atoms with Crippen LogP contribution in [0.15, 0.2) is 83.7 Å². The van der Waals surface area contributed by atoms with Crippen LogP contribution in [0.25, 0.3) is 10.8 Å². The molecule has 1 heterocycles. The highest BCUT2D eigenvalue weighted by Gasteiger charge is 2.32. The minimum Gasteiger partial charge on any atom is -0.394 e. The van der Waals surface area contributed by atoms with Gasteiger partial charge in [-0.1, -0.05) is 107 Å². The molecular weight excluding hydrogens is 715 g/mol. The predicted molar refractivity (Wildman–Crippen MR) is 217 cm³/mol. The normalized spacial score (nSPS) is 14.7. The van der Waals surface area contributed by atoms with E-state index < -0.39 is 48.0 Å². The lowest BCUT2D eigenvalue weighted by Crippen LogP contribution is -2.57. The Bertz CT molecular complexity index is 1800. The molecule has 0 aliphatic rings. The van der Waals surface area contributed by atoms with Crippen molar-refractivity contribution in [1.82, 2.24) is 26.3 Å². The zero-order valence-corrected chi connectivity index (χ0v) is 33.2. The Morgan fingerprint density at radius 3 is 2.16 bits per heavy atom. The third kappa shape index (κ3) is 13.9. The lowest BCUT2D eigenvalue weighted by atomic mass is 9.95. The van der Waals surface area contributed by atoms with Gasteiger partial charge in [-0.25, -0.2) is 4.98 Å². The molecule has 4 aromatic rings. The van der Waals surface area contributed by atoms with Crippen LogP contribution in [0.1, 0.15) is 76.6 Å². The number of carbonyl (C=O) groups is 4. The van der Waals surface area contributed by atoms with Gasteiger partial charge in [0, 0.05) is 24.6 Å². The molecule has 3 aromatic carbocycles. The van der Waals surface area contributed by atoms with Crippen LogP contribution in [0.3, 0.4) is 0 Å². The fourth-order valence-electron chi connectivity index (χ4n) is 6.65. The summed E-state index contributed by atoms with van der Waals surface area (Å²) in [5, 5.41) is 36.4. The number of hydrogen-bond donors (Lipinski definition) is 6. The Hall–Kier alpha value is -4.65. The molecule has 1 unspecified atom stereocenters. The molecule has 0 saturated heterocycles. The standard InChI is InChI=1S/C43H57N5O6S/c1-5-29(4)38(25-49)46-41(52)24-39(50)35(21-28(2)3)47-43(54)37(23-33-26-55-27-44-33)48-42(53)36(22-32-18-12-17-31-16-9-10-19-34(31)32)45-40(51)20-11-15-30-13-7-6-8-14-30/h6-10,12-14,16-19,26-29,35-39,49-50H,5,11,15,20-25H2,1-4H3,(H,45,51)(H,46,52)(H,47,54)(H,48,53)/t29-,35-,36-,37?,38+,39-/m0/s1. The van der Waals surface area contributed by atoms with E-state index in [4.69, 9.17) is 0 Å². The van der Waals surface area contributed by atoms with Gasteiger partial charge in [-0.05, 0) is 53.0 Å². The lowest BCUT2D eigenvalue weighted by molar-refractivity contribution is -0.133. The Labute approximate surface area is 328 Å². The molecular formula is C43H57N5O6S. The second kappa shape index (κ2) is 22.0. The van der Waals surface area contributed by atoms with Crippen LogP contribution < -0.4 is 21.3 Å². The van der Waals surface area contributed by atoms with Crippen LogP contribution in [-0.2, 0) is 38.4 Å². The lowest BCUT2D eigenvalue weighted by Gasteiger charge is -2.29. The third-order valence-electron chi connectivity index (χ3n) is 9.98. The molecule has 6 atom stereocenters. The Kier molecular flexibility index (Phi) is 17.3. The number of fused-ring (bicyclic) bond motifs is 1. The summed E-state index contributed by atoms with van der Waals surface area (Å²) < 4.78 is 0. The van der Waals surface area contributed by atoms with E-state index in [2.05, 4.69) is 26.3 Å². The van der Waals surface area contributed by atoms with Crippen molar-refractivity contribution in [2.45, 2.75) is 109 Å². The molecule has 0 saturated carbocycles. The van der Waals surface area contributed by atoms with Gasteiger partial charge in [0.2, 0.25) is 23.6 Å². The fourth-order valence-corrected chi connectivity index (χ4v) is 7.22. The van der Waals surface area contributed by atoms with Gasteiger partial charge in [0.25, 0.3) is 0 Å². The number of rotatable bonds is 22. The molecule has 0 aliphatic carbocycles. The van der Waals surface area contributed by atoms with Gasteiger partial charge in [0.15, 0.2) is 0 Å². The summed E-state index contributed by atoms with van der Waals surface area (Å²) in [6, 6.07) is 20.2. The number of nitrogens with zero attached hydrogens (tertiary/aromatic N) is 1. The first-order valence-electron chi connectivity index (χ1n) is 19.3. The SMILES string of the molecule is CC[C@H](C)[C@@H](CO)NC(=O)C[C@H](O)[C@H](CC(C)C)NC(=O)C(Cc1cscn1)NC(=O)[C@H](Cc1cccc2ccccc12)NC(=O)CCCc1ccccc1.